The first kappa shape index (κ1) is 12.1. The summed E-state index contributed by atoms with van der Waals surface area (Å²) in [6.45, 7) is 8.59. The van der Waals surface area contributed by atoms with E-state index in [9.17, 15) is 0 Å². The zero-order valence-electron chi connectivity index (χ0n) is 10.1. The van der Waals surface area contributed by atoms with Gasteiger partial charge in [-0.15, -0.1) is 0 Å². The van der Waals surface area contributed by atoms with Gasteiger partial charge >= 0.3 is 0 Å². The molecule has 15 heavy (non-hydrogen) atoms. The molecule has 0 amide bonds. The molecule has 1 aromatic rings. The Bertz CT molecular complexity index is 313. The van der Waals surface area contributed by atoms with Crippen molar-refractivity contribution in [2.24, 2.45) is 5.73 Å². The van der Waals surface area contributed by atoms with Gasteiger partial charge in [0.25, 0.3) is 0 Å². The van der Waals surface area contributed by atoms with Crippen molar-refractivity contribution in [2.75, 3.05) is 7.05 Å². The molecule has 0 atom stereocenters. The summed E-state index contributed by atoms with van der Waals surface area (Å²) in [5.74, 6) is 1.16. The van der Waals surface area contributed by atoms with Crippen LogP contribution < -0.4 is 5.73 Å². The van der Waals surface area contributed by atoms with Gasteiger partial charge in [-0.1, -0.05) is 5.16 Å². The summed E-state index contributed by atoms with van der Waals surface area (Å²) >= 11 is 0. The quantitative estimate of drug-likeness (QED) is 0.809. The minimum absolute atomic E-state index is 0.450. The Kier molecular flexibility index (Phi) is 3.46. The van der Waals surface area contributed by atoms with Gasteiger partial charge < -0.3 is 10.3 Å². The molecule has 2 N–H and O–H groups in total. The zero-order chi connectivity index (χ0) is 11.6. The van der Waals surface area contributed by atoms with Crippen LogP contribution in [-0.4, -0.2) is 28.1 Å². The first-order valence-electron chi connectivity index (χ1n) is 5.13. The number of nitrogens with zero attached hydrogens (tertiary/aromatic N) is 3. The van der Waals surface area contributed by atoms with Gasteiger partial charge in [0, 0.05) is 6.04 Å². The van der Waals surface area contributed by atoms with Crippen molar-refractivity contribution in [1.82, 2.24) is 15.0 Å². The molecule has 0 bridgehead atoms. The van der Waals surface area contributed by atoms with Gasteiger partial charge in [-0.25, -0.2) is 0 Å². The van der Waals surface area contributed by atoms with Crippen LogP contribution in [0.2, 0.25) is 0 Å². The normalized spacial score (nSPS) is 12.8. The minimum atomic E-state index is -0.543. The molecule has 1 rings (SSSR count). The number of rotatable bonds is 4. The van der Waals surface area contributed by atoms with Crippen molar-refractivity contribution in [2.45, 2.75) is 45.8 Å². The maximum Gasteiger partial charge on any atom is 0.240 e. The van der Waals surface area contributed by atoms with Gasteiger partial charge in [0.1, 0.15) is 0 Å². The van der Waals surface area contributed by atoms with Crippen LogP contribution in [-0.2, 0) is 12.1 Å². The summed E-state index contributed by atoms with van der Waals surface area (Å²) in [7, 11) is 2.02. The predicted molar refractivity (Wildman–Crippen MR) is 58.1 cm³/mol. The molecule has 1 heterocycles. The standard InChI is InChI=1S/C10H20N4O/c1-7(2)14(5)6-8-12-9(13-15-8)10(3,4)11/h7H,6,11H2,1-5H3. The van der Waals surface area contributed by atoms with Crippen LogP contribution in [0.15, 0.2) is 4.52 Å². The molecular weight excluding hydrogens is 192 g/mol. The van der Waals surface area contributed by atoms with Crippen LogP contribution in [0.1, 0.15) is 39.4 Å². The lowest BCUT2D eigenvalue weighted by Crippen LogP contribution is -2.30. The van der Waals surface area contributed by atoms with Gasteiger partial charge in [0.05, 0.1) is 12.1 Å². The van der Waals surface area contributed by atoms with Crippen molar-refractivity contribution >= 4 is 0 Å². The first-order chi connectivity index (χ1) is 6.80. The molecule has 1 aromatic heterocycles. The topological polar surface area (TPSA) is 68.2 Å². The van der Waals surface area contributed by atoms with Gasteiger partial charge in [-0.2, -0.15) is 4.98 Å². The van der Waals surface area contributed by atoms with Gasteiger partial charge in [0.2, 0.25) is 5.89 Å². The van der Waals surface area contributed by atoms with E-state index in [2.05, 4.69) is 28.9 Å². The fourth-order valence-electron chi connectivity index (χ4n) is 0.977. The number of nitrogens with two attached hydrogens (primary N) is 1. The van der Waals surface area contributed by atoms with Gasteiger partial charge in [-0.3, -0.25) is 4.90 Å². The van der Waals surface area contributed by atoms with Crippen molar-refractivity contribution in [3.05, 3.63) is 11.7 Å². The van der Waals surface area contributed by atoms with Crippen molar-refractivity contribution in [1.29, 1.82) is 0 Å². The van der Waals surface area contributed by atoms with Crippen LogP contribution in [0.5, 0.6) is 0 Å². The smallest absolute Gasteiger partial charge is 0.240 e. The summed E-state index contributed by atoms with van der Waals surface area (Å²) in [6, 6.07) is 0.450. The Balaban J connectivity index is 2.69. The van der Waals surface area contributed by atoms with Crippen molar-refractivity contribution < 1.29 is 4.52 Å². The Hall–Kier alpha value is -0.940. The maximum atomic E-state index is 5.86. The summed E-state index contributed by atoms with van der Waals surface area (Å²) < 4.78 is 5.13. The predicted octanol–water partition coefficient (Wildman–Crippen LogP) is 1.10. The molecule has 5 heteroatoms. The second-order valence-corrected chi connectivity index (χ2v) is 4.74. The minimum Gasteiger partial charge on any atom is -0.338 e. The highest BCUT2D eigenvalue weighted by Gasteiger charge is 2.21. The Morgan fingerprint density at radius 3 is 2.47 bits per heavy atom. The summed E-state index contributed by atoms with van der Waals surface area (Å²) in [5.41, 5.74) is 5.32. The van der Waals surface area contributed by atoms with Crippen molar-refractivity contribution in [3.8, 4) is 0 Å². The highest BCUT2D eigenvalue weighted by molar-refractivity contribution is 4.98. The fourth-order valence-corrected chi connectivity index (χ4v) is 0.977. The summed E-state index contributed by atoms with van der Waals surface area (Å²) in [5, 5.41) is 3.86. The van der Waals surface area contributed by atoms with E-state index in [1.807, 2.05) is 20.9 Å². The molecule has 5 nitrogen and oxygen atoms in total. The van der Waals surface area contributed by atoms with E-state index in [4.69, 9.17) is 10.3 Å². The van der Waals surface area contributed by atoms with Crippen LogP contribution in [0.4, 0.5) is 0 Å². The third-order valence-electron chi connectivity index (χ3n) is 2.31. The van der Waals surface area contributed by atoms with Crippen LogP contribution in [0.3, 0.4) is 0 Å². The van der Waals surface area contributed by atoms with E-state index in [1.165, 1.54) is 0 Å². The van der Waals surface area contributed by atoms with Gasteiger partial charge in [-0.05, 0) is 34.7 Å². The third kappa shape index (κ3) is 3.28. The highest BCUT2D eigenvalue weighted by atomic mass is 16.5. The van der Waals surface area contributed by atoms with Crippen LogP contribution in [0.25, 0.3) is 0 Å². The molecular formula is C10H20N4O. The maximum absolute atomic E-state index is 5.86. The Morgan fingerprint density at radius 1 is 1.47 bits per heavy atom. The molecule has 0 aliphatic rings. The number of aromatic nitrogens is 2. The second kappa shape index (κ2) is 4.28. The van der Waals surface area contributed by atoms with E-state index in [0.717, 1.165) is 0 Å². The zero-order valence-corrected chi connectivity index (χ0v) is 10.1. The third-order valence-corrected chi connectivity index (χ3v) is 2.31. The van der Waals surface area contributed by atoms with E-state index < -0.39 is 5.54 Å². The molecule has 0 saturated carbocycles. The first-order valence-corrected chi connectivity index (χ1v) is 5.13. The summed E-state index contributed by atoms with van der Waals surface area (Å²) in [6.07, 6.45) is 0. The number of hydrogen-bond donors (Lipinski definition) is 1. The number of hydrogen-bond acceptors (Lipinski definition) is 5. The SMILES string of the molecule is CC(C)N(C)Cc1nc(C(C)(C)N)no1. The molecule has 0 unspecified atom stereocenters. The van der Waals surface area contributed by atoms with Gasteiger partial charge in [0.15, 0.2) is 5.82 Å². The molecule has 86 valence electrons. The summed E-state index contributed by atoms with van der Waals surface area (Å²) in [4.78, 5) is 6.39. The molecule has 0 fully saturated rings. The molecule has 0 aliphatic heterocycles. The highest BCUT2D eigenvalue weighted by Crippen LogP contribution is 2.13. The Morgan fingerprint density at radius 2 is 2.07 bits per heavy atom. The van der Waals surface area contributed by atoms with E-state index in [1.54, 1.807) is 0 Å². The molecule has 0 spiro atoms. The molecule has 0 saturated heterocycles. The lowest BCUT2D eigenvalue weighted by molar-refractivity contribution is 0.225. The monoisotopic (exact) mass is 212 g/mol. The lowest BCUT2D eigenvalue weighted by Gasteiger charge is -2.18. The molecule has 0 aliphatic carbocycles. The Labute approximate surface area is 90.6 Å². The van der Waals surface area contributed by atoms with E-state index in [0.29, 0.717) is 24.3 Å². The average Bonchev–Trinajstić information content (AvgIpc) is 2.51. The fraction of sp³-hybridized carbons (Fsp3) is 0.800. The average molecular weight is 212 g/mol. The largest absolute Gasteiger partial charge is 0.338 e. The molecule has 0 aromatic carbocycles. The second-order valence-electron chi connectivity index (χ2n) is 4.74. The van der Waals surface area contributed by atoms with Crippen LogP contribution in [0, 0.1) is 0 Å². The molecule has 0 radical (unpaired) electrons. The van der Waals surface area contributed by atoms with Crippen LogP contribution >= 0.6 is 0 Å². The lowest BCUT2D eigenvalue weighted by atomic mass is 10.1. The van der Waals surface area contributed by atoms with E-state index in [-0.39, 0.29) is 0 Å². The van der Waals surface area contributed by atoms with E-state index >= 15 is 0 Å². The van der Waals surface area contributed by atoms with Crippen molar-refractivity contribution in [3.63, 3.8) is 0 Å².